The molecule has 5 heteroatoms. The second kappa shape index (κ2) is 8.29. The first-order valence-corrected chi connectivity index (χ1v) is 7.48. The van der Waals surface area contributed by atoms with Gasteiger partial charge in [0.1, 0.15) is 0 Å². The van der Waals surface area contributed by atoms with Crippen molar-refractivity contribution in [2.75, 3.05) is 12.4 Å². The van der Waals surface area contributed by atoms with E-state index in [1.807, 2.05) is 18.7 Å². The summed E-state index contributed by atoms with van der Waals surface area (Å²) < 4.78 is 5.05. The molecular formula is C15H24O4S. The van der Waals surface area contributed by atoms with Crippen LogP contribution in [0.4, 0.5) is 0 Å². The van der Waals surface area contributed by atoms with E-state index in [2.05, 4.69) is 31.2 Å². The van der Waals surface area contributed by atoms with Crippen molar-refractivity contribution in [1.29, 1.82) is 0 Å². The fraction of sp³-hybridized carbons (Fsp3) is 0.533. The molecule has 1 fully saturated rings. The highest BCUT2D eigenvalue weighted by atomic mass is 32.2. The van der Waals surface area contributed by atoms with Crippen LogP contribution in [0.1, 0.15) is 31.7 Å². The first-order valence-electron chi connectivity index (χ1n) is 6.49. The molecule has 0 amide bonds. The molecule has 4 nitrogen and oxygen atoms in total. The van der Waals surface area contributed by atoms with Crippen LogP contribution in [-0.2, 0) is 9.53 Å². The van der Waals surface area contributed by atoms with Crippen molar-refractivity contribution in [1.82, 2.24) is 0 Å². The molecule has 1 aliphatic rings. The van der Waals surface area contributed by atoms with Gasteiger partial charge in [0, 0.05) is 10.6 Å². The number of carbonyl (C=O) groups excluding carboxylic acids is 1. The maximum atomic E-state index is 11.5. The summed E-state index contributed by atoms with van der Waals surface area (Å²) in [7, 11) is 0. The third-order valence-electron chi connectivity index (χ3n) is 3.41. The molecular weight excluding hydrogens is 276 g/mol. The minimum Gasteiger partial charge on any atom is -0.466 e. The molecule has 0 saturated heterocycles. The first-order chi connectivity index (χ1) is 8.65. The zero-order valence-electron chi connectivity index (χ0n) is 12.1. The van der Waals surface area contributed by atoms with Crippen molar-refractivity contribution < 1.29 is 20.5 Å². The lowest BCUT2D eigenvalue weighted by atomic mass is 10.1. The highest BCUT2D eigenvalue weighted by molar-refractivity contribution is 7.99. The molecule has 4 N–H and O–H groups in total. The lowest BCUT2D eigenvalue weighted by Gasteiger charge is -2.14. The molecule has 114 valence electrons. The van der Waals surface area contributed by atoms with Gasteiger partial charge in [-0.3, -0.25) is 4.79 Å². The Bertz CT molecular complexity index is 430. The molecule has 0 aliphatic heterocycles. The van der Waals surface area contributed by atoms with Crippen LogP contribution in [0.2, 0.25) is 0 Å². The molecule has 1 aromatic rings. The van der Waals surface area contributed by atoms with E-state index in [0.717, 1.165) is 18.6 Å². The van der Waals surface area contributed by atoms with Gasteiger partial charge in [-0.1, -0.05) is 18.2 Å². The van der Waals surface area contributed by atoms with Crippen LogP contribution in [0.15, 0.2) is 29.2 Å². The molecule has 0 heterocycles. The van der Waals surface area contributed by atoms with Crippen molar-refractivity contribution in [3.63, 3.8) is 0 Å². The molecule has 0 atom stereocenters. The van der Waals surface area contributed by atoms with Gasteiger partial charge in [-0.2, -0.15) is 0 Å². The van der Waals surface area contributed by atoms with E-state index in [1.165, 1.54) is 10.5 Å². The minimum atomic E-state index is -0.0413. The lowest BCUT2D eigenvalue weighted by Crippen LogP contribution is -2.14. The third kappa shape index (κ3) is 5.15. The van der Waals surface area contributed by atoms with Crippen molar-refractivity contribution >= 4 is 17.7 Å². The first kappa shape index (κ1) is 19.0. The predicted octanol–water partition coefficient (Wildman–Crippen LogP) is 2.17. The van der Waals surface area contributed by atoms with Gasteiger partial charge in [-0.25, -0.2) is 0 Å². The molecule has 0 unspecified atom stereocenters. The summed E-state index contributed by atoms with van der Waals surface area (Å²) in [5.74, 6) is 0.983. The fourth-order valence-electron chi connectivity index (χ4n) is 2.02. The average molecular weight is 300 g/mol. The molecule has 0 spiro atoms. The van der Waals surface area contributed by atoms with Gasteiger partial charge >= 0.3 is 5.97 Å². The standard InChI is InChI=1S/C15H20O2S.2H2O/c1-3-17-14(16)10-15(8-9-15)11-18-13-7-5-4-6-12(13)2;;/h4-7H,3,8-11H2,1-2H3;2*1H2. The number of ether oxygens (including phenoxy) is 1. The van der Waals surface area contributed by atoms with E-state index in [-0.39, 0.29) is 22.3 Å². The molecule has 1 aromatic carbocycles. The van der Waals surface area contributed by atoms with Crippen LogP contribution >= 0.6 is 11.8 Å². The SMILES string of the molecule is CCOC(=O)CC1(CSc2ccccc2C)CC1.O.O. The van der Waals surface area contributed by atoms with Gasteiger partial charge < -0.3 is 15.7 Å². The maximum Gasteiger partial charge on any atom is 0.306 e. The summed E-state index contributed by atoms with van der Waals surface area (Å²) in [4.78, 5) is 12.9. The lowest BCUT2D eigenvalue weighted by molar-refractivity contribution is -0.144. The largest absolute Gasteiger partial charge is 0.466 e. The topological polar surface area (TPSA) is 89.3 Å². The van der Waals surface area contributed by atoms with Gasteiger partial charge in [0.2, 0.25) is 0 Å². The van der Waals surface area contributed by atoms with Gasteiger partial charge in [0.25, 0.3) is 0 Å². The van der Waals surface area contributed by atoms with Crippen LogP contribution in [-0.4, -0.2) is 29.3 Å². The van der Waals surface area contributed by atoms with Crippen molar-refractivity contribution in [3.8, 4) is 0 Å². The summed E-state index contributed by atoms with van der Waals surface area (Å²) in [6, 6.07) is 8.42. The Morgan fingerprint density at radius 2 is 1.95 bits per heavy atom. The zero-order valence-corrected chi connectivity index (χ0v) is 12.9. The summed E-state index contributed by atoms with van der Waals surface area (Å²) in [5.41, 5.74) is 1.52. The number of hydrogen-bond donors (Lipinski definition) is 0. The Morgan fingerprint density at radius 1 is 1.30 bits per heavy atom. The van der Waals surface area contributed by atoms with Crippen molar-refractivity contribution in [2.45, 2.75) is 38.0 Å². The van der Waals surface area contributed by atoms with Crippen LogP contribution in [0.5, 0.6) is 0 Å². The number of carbonyl (C=O) groups is 1. The zero-order chi connectivity index (χ0) is 13.0. The highest BCUT2D eigenvalue weighted by Crippen LogP contribution is 2.52. The van der Waals surface area contributed by atoms with E-state index >= 15 is 0 Å². The van der Waals surface area contributed by atoms with E-state index in [4.69, 9.17) is 4.74 Å². The Morgan fingerprint density at radius 3 is 2.50 bits per heavy atom. The van der Waals surface area contributed by atoms with Crippen LogP contribution in [0.25, 0.3) is 0 Å². The normalized spacial score (nSPS) is 14.7. The minimum absolute atomic E-state index is 0. The van der Waals surface area contributed by atoms with E-state index in [0.29, 0.717) is 13.0 Å². The Labute approximate surface area is 124 Å². The van der Waals surface area contributed by atoms with Crippen LogP contribution in [0, 0.1) is 12.3 Å². The smallest absolute Gasteiger partial charge is 0.306 e. The number of benzene rings is 1. The quantitative estimate of drug-likeness (QED) is 0.595. The van der Waals surface area contributed by atoms with Crippen LogP contribution in [0.3, 0.4) is 0 Å². The summed E-state index contributed by atoms with van der Waals surface area (Å²) in [5, 5.41) is 0. The van der Waals surface area contributed by atoms with Crippen LogP contribution < -0.4 is 0 Å². The van der Waals surface area contributed by atoms with E-state index in [1.54, 1.807) is 0 Å². The average Bonchev–Trinajstić information content (AvgIpc) is 3.08. The molecule has 0 aromatic heterocycles. The molecule has 1 saturated carbocycles. The Kier molecular flexibility index (Phi) is 7.86. The fourth-order valence-corrected chi connectivity index (χ4v) is 3.34. The van der Waals surface area contributed by atoms with E-state index in [9.17, 15) is 4.79 Å². The van der Waals surface area contributed by atoms with Gasteiger partial charge in [0.05, 0.1) is 13.0 Å². The second-order valence-corrected chi connectivity index (χ2v) is 6.05. The highest BCUT2D eigenvalue weighted by Gasteiger charge is 2.44. The molecule has 20 heavy (non-hydrogen) atoms. The number of esters is 1. The maximum absolute atomic E-state index is 11.5. The Hall–Kier alpha value is -1.04. The van der Waals surface area contributed by atoms with Gasteiger partial charge in [-0.15, -0.1) is 11.8 Å². The predicted molar refractivity (Wildman–Crippen MR) is 82.0 cm³/mol. The molecule has 0 radical (unpaired) electrons. The number of rotatable bonds is 6. The van der Waals surface area contributed by atoms with Gasteiger partial charge in [0.15, 0.2) is 0 Å². The number of aryl methyl sites for hydroxylation is 1. The summed E-state index contributed by atoms with van der Waals surface area (Å²) >= 11 is 1.87. The third-order valence-corrected chi connectivity index (χ3v) is 4.93. The van der Waals surface area contributed by atoms with Crippen molar-refractivity contribution in [2.24, 2.45) is 5.41 Å². The monoisotopic (exact) mass is 300 g/mol. The number of hydrogen-bond acceptors (Lipinski definition) is 3. The molecule has 0 bridgehead atoms. The number of thioether (sulfide) groups is 1. The summed E-state index contributed by atoms with van der Waals surface area (Å²) in [6.07, 6.45) is 2.90. The van der Waals surface area contributed by atoms with Gasteiger partial charge in [-0.05, 0) is 43.7 Å². The molecule has 2 rings (SSSR count). The second-order valence-electron chi connectivity index (χ2n) is 5.04. The molecule has 1 aliphatic carbocycles. The van der Waals surface area contributed by atoms with E-state index < -0.39 is 0 Å². The summed E-state index contributed by atoms with van der Waals surface area (Å²) in [6.45, 7) is 4.48. The van der Waals surface area contributed by atoms with Crippen molar-refractivity contribution in [3.05, 3.63) is 29.8 Å². The Balaban J connectivity index is 0.00000180.